The molecule has 0 spiro atoms. The summed E-state index contributed by atoms with van der Waals surface area (Å²) < 4.78 is 11.5. The molecule has 1 fully saturated rings. The first-order valence-electron chi connectivity index (χ1n) is 15.3. The molecule has 2 aliphatic heterocycles. The molecule has 3 N–H and O–H groups in total. The molecule has 10 nitrogen and oxygen atoms in total. The van der Waals surface area contributed by atoms with Crippen LogP contribution in [0.1, 0.15) is 49.3 Å². The second-order valence-electron chi connectivity index (χ2n) is 11.4. The van der Waals surface area contributed by atoms with Crippen molar-refractivity contribution in [2.24, 2.45) is 11.8 Å². The van der Waals surface area contributed by atoms with E-state index in [2.05, 4.69) is 10.6 Å². The van der Waals surface area contributed by atoms with E-state index in [-0.39, 0.29) is 38.4 Å². The Labute approximate surface area is 258 Å². The molecule has 0 bridgehead atoms. The SMILES string of the molecule is COCC1NC(=O)C(C(=O)N[C@@H](CO)Cc2ccccc2)CC=CCC(CC(=O)N2CCCC2)C(=O)OC1c1ccccc1. The van der Waals surface area contributed by atoms with Crippen molar-refractivity contribution in [2.75, 3.05) is 33.4 Å². The van der Waals surface area contributed by atoms with E-state index >= 15 is 0 Å². The summed E-state index contributed by atoms with van der Waals surface area (Å²) in [7, 11) is 1.48. The summed E-state index contributed by atoms with van der Waals surface area (Å²) in [4.78, 5) is 55.6. The number of cyclic esters (lactones) is 1. The molecular formula is C34H43N3O7. The van der Waals surface area contributed by atoms with Gasteiger partial charge >= 0.3 is 5.97 Å². The van der Waals surface area contributed by atoms with Crippen LogP contribution in [0.5, 0.6) is 0 Å². The number of rotatable bonds is 10. The number of aliphatic hydroxyl groups excluding tert-OH is 1. The van der Waals surface area contributed by atoms with Gasteiger partial charge in [0.2, 0.25) is 17.7 Å². The minimum absolute atomic E-state index is 0.00735. The quantitative estimate of drug-likeness (QED) is 0.215. The largest absolute Gasteiger partial charge is 0.455 e. The Kier molecular flexibility index (Phi) is 12.5. The number of benzene rings is 2. The van der Waals surface area contributed by atoms with E-state index < -0.39 is 47.8 Å². The molecule has 10 heteroatoms. The lowest BCUT2D eigenvalue weighted by Crippen LogP contribution is -2.51. The van der Waals surface area contributed by atoms with Crippen molar-refractivity contribution >= 4 is 23.7 Å². The number of methoxy groups -OCH3 is 1. The highest BCUT2D eigenvalue weighted by molar-refractivity contribution is 6.00. The number of carbonyl (C=O) groups excluding carboxylic acids is 4. The van der Waals surface area contributed by atoms with Gasteiger partial charge in [0.05, 0.1) is 31.2 Å². The van der Waals surface area contributed by atoms with E-state index in [9.17, 15) is 24.3 Å². The number of hydrogen-bond acceptors (Lipinski definition) is 7. The van der Waals surface area contributed by atoms with Crippen LogP contribution in [0, 0.1) is 11.8 Å². The second kappa shape index (κ2) is 16.7. The van der Waals surface area contributed by atoms with Crippen molar-refractivity contribution in [3.63, 3.8) is 0 Å². The molecule has 0 radical (unpaired) electrons. The third kappa shape index (κ3) is 9.24. The number of aliphatic hydroxyl groups is 1. The summed E-state index contributed by atoms with van der Waals surface area (Å²) in [6, 6.07) is 17.1. The second-order valence-corrected chi connectivity index (χ2v) is 11.4. The van der Waals surface area contributed by atoms with E-state index in [4.69, 9.17) is 9.47 Å². The average Bonchev–Trinajstić information content (AvgIpc) is 3.58. The molecule has 2 heterocycles. The van der Waals surface area contributed by atoms with Crippen LogP contribution in [-0.4, -0.2) is 79.2 Å². The fraction of sp³-hybridized carbons (Fsp3) is 0.471. The Bertz CT molecular complexity index is 1260. The molecule has 5 atom stereocenters. The first kappa shape index (κ1) is 32.9. The Hall–Kier alpha value is -4.02. The monoisotopic (exact) mass is 605 g/mol. The summed E-state index contributed by atoms with van der Waals surface area (Å²) >= 11 is 0. The van der Waals surface area contributed by atoms with E-state index in [1.165, 1.54) is 7.11 Å². The molecule has 4 unspecified atom stereocenters. The number of amides is 3. The van der Waals surface area contributed by atoms with Gasteiger partial charge in [0.25, 0.3) is 0 Å². The Morgan fingerprint density at radius 3 is 2.34 bits per heavy atom. The lowest BCUT2D eigenvalue weighted by molar-refractivity contribution is -0.160. The summed E-state index contributed by atoms with van der Waals surface area (Å²) in [5.74, 6) is -3.55. The van der Waals surface area contributed by atoms with Gasteiger partial charge in [-0.05, 0) is 43.2 Å². The van der Waals surface area contributed by atoms with Crippen LogP contribution in [0.3, 0.4) is 0 Å². The first-order valence-corrected chi connectivity index (χ1v) is 15.3. The maximum Gasteiger partial charge on any atom is 0.310 e. The molecule has 2 aromatic carbocycles. The van der Waals surface area contributed by atoms with Crippen LogP contribution in [0.2, 0.25) is 0 Å². The highest BCUT2D eigenvalue weighted by Gasteiger charge is 2.36. The maximum atomic E-state index is 13.7. The molecule has 4 rings (SSSR count). The van der Waals surface area contributed by atoms with Crippen LogP contribution in [-0.2, 0) is 35.1 Å². The minimum Gasteiger partial charge on any atom is -0.455 e. The van der Waals surface area contributed by atoms with Gasteiger partial charge in [0.15, 0.2) is 0 Å². The predicted octanol–water partition coefficient (Wildman–Crippen LogP) is 2.72. The van der Waals surface area contributed by atoms with Crippen molar-refractivity contribution in [1.82, 2.24) is 15.5 Å². The molecule has 3 amide bonds. The zero-order valence-electron chi connectivity index (χ0n) is 25.2. The highest BCUT2D eigenvalue weighted by atomic mass is 16.5. The number of likely N-dealkylation sites (tertiary alicyclic amines) is 1. The normalized spacial score (nSPS) is 23.5. The van der Waals surface area contributed by atoms with Crippen LogP contribution in [0.25, 0.3) is 0 Å². The Morgan fingerprint density at radius 2 is 1.68 bits per heavy atom. The van der Waals surface area contributed by atoms with Gasteiger partial charge in [0.1, 0.15) is 12.0 Å². The van der Waals surface area contributed by atoms with Crippen LogP contribution in [0.15, 0.2) is 72.8 Å². The van der Waals surface area contributed by atoms with E-state index in [0.717, 1.165) is 18.4 Å². The first-order chi connectivity index (χ1) is 21.4. The molecule has 44 heavy (non-hydrogen) atoms. The van der Waals surface area contributed by atoms with Crippen LogP contribution < -0.4 is 10.6 Å². The van der Waals surface area contributed by atoms with Crippen LogP contribution >= 0.6 is 0 Å². The van der Waals surface area contributed by atoms with Gasteiger partial charge in [0, 0.05) is 26.6 Å². The predicted molar refractivity (Wildman–Crippen MR) is 164 cm³/mol. The van der Waals surface area contributed by atoms with Crippen molar-refractivity contribution in [3.8, 4) is 0 Å². The Morgan fingerprint density at radius 1 is 1.02 bits per heavy atom. The molecule has 2 aromatic rings. The standard InChI is InChI=1S/C34H43N3O7/c1-43-23-29-31(25-14-6-3-7-15-25)44-34(42)26(21-30(39)37-18-10-11-19-37)16-8-9-17-28(33(41)36-29)32(40)35-27(22-38)20-24-12-4-2-5-13-24/h2-9,12-15,26-29,31,38H,10-11,16-23H2,1H3,(H,35,40)(H,36,41)/t26?,27-,28?,29?,31?/m1/s1. The lowest BCUT2D eigenvalue weighted by atomic mass is 9.95. The number of ether oxygens (including phenoxy) is 2. The fourth-order valence-corrected chi connectivity index (χ4v) is 5.67. The van der Waals surface area contributed by atoms with Crippen molar-refractivity contribution in [3.05, 3.63) is 83.9 Å². The molecule has 1 saturated heterocycles. The van der Waals surface area contributed by atoms with Gasteiger partial charge in [-0.25, -0.2) is 0 Å². The van der Waals surface area contributed by atoms with Crippen molar-refractivity contribution in [2.45, 2.75) is 56.7 Å². The number of nitrogens with one attached hydrogen (secondary N) is 2. The summed E-state index contributed by atoms with van der Waals surface area (Å²) in [6.45, 7) is 1.07. The Balaban J connectivity index is 1.60. The number of allylic oxidation sites excluding steroid dienone is 2. The van der Waals surface area contributed by atoms with Gasteiger partial charge in [-0.1, -0.05) is 72.8 Å². The number of hydrogen-bond donors (Lipinski definition) is 3. The van der Waals surface area contributed by atoms with Crippen LogP contribution in [0.4, 0.5) is 0 Å². The van der Waals surface area contributed by atoms with Crippen molar-refractivity contribution < 1.29 is 33.8 Å². The summed E-state index contributed by atoms with van der Waals surface area (Å²) in [6.07, 6.45) is 5.09. The summed E-state index contributed by atoms with van der Waals surface area (Å²) in [5.41, 5.74) is 1.58. The molecular weight excluding hydrogens is 562 g/mol. The zero-order chi connectivity index (χ0) is 31.3. The zero-order valence-corrected chi connectivity index (χ0v) is 25.2. The van der Waals surface area contributed by atoms with E-state index in [1.807, 2.05) is 36.4 Å². The van der Waals surface area contributed by atoms with E-state index in [1.54, 1.807) is 41.3 Å². The van der Waals surface area contributed by atoms with Gasteiger partial charge in [-0.2, -0.15) is 0 Å². The van der Waals surface area contributed by atoms with Crippen molar-refractivity contribution in [1.29, 1.82) is 0 Å². The molecule has 0 aromatic heterocycles. The third-order valence-corrected chi connectivity index (χ3v) is 8.11. The molecule has 0 aliphatic carbocycles. The molecule has 0 saturated carbocycles. The maximum absolute atomic E-state index is 13.7. The highest BCUT2D eigenvalue weighted by Crippen LogP contribution is 2.27. The molecule has 2 aliphatic rings. The van der Waals surface area contributed by atoms with Gasteiger partial charge in [-0.3, -0.25) is 19.2 Å². The average molecular weight is 606 g/mol. The number of carbonyl (C=O) groups is 4. The number of esters is 1. The smallest absolute Gasteiger partial charge is 0.310 e. The summed E-state index contributed by atoms with van der Waals surface area (Å²) in [5, 5.41) is 15.7. The molecule has 236 valence electrons. The lowest BCUT2D eigenvalue weighted by Gasteiger charge is -2.31. The third-order valence-electron chi connectivity index (χ3n) is 8.11. The van der Waals surface area contributed by atoms with E-state index in [0.29, 0.717) is 25.1 Å². The fourth-order valence-electron chi connectivity index (χ4n) is 5.67. The minimum atomic E-state index is -1.12. The van der Waals surface area contributed by atoms with Gasteiger partial charge < -0.3 is 30.1 Å². The topological polar surface area (TPSA) is 134 Å². The van der Waals surface area contributed by atoms with Gasteiger partial charge in [-0.15, -0.1) is 0 Å². The number of nitrogens with zero attached hydrogens (tertiary/aromatic N) is 1.